The molecule has 1 unspecified atom stereocenters. The van der Waals surface area contributed by atoms with Crippen LogP contribution < -0.4 is 0 Å². The van der Waals surface area contributed by atoms with Crippen molar-refractivity contribution in [3.05, 3.63) is 0 Å². The van der Waals surface area contributed by atoms with E-state index in [0.717, 1.165) is 38.5 Å². The van der Waals surface area contributed by atoms with Gasteiger partial charge in [0.2, 0.25) is 0 Å². The average molecular weight is 221 g/mol. The molecule has 0 aliphatic rings. The van der Waals surface area contributed by atoms with Gasteiger partial charge in [-0.25, -0.2) is 0 Å². The molecule has 0 aromatic heterocycles. The predicted octanol–water partition coefficient (Wildman–Crippen LogP) is 3.52. The van der Waals surface area contributed by atoms with Crippen LogP contribution >= 0.6 is 11.6 Å². The van der Waals surface area contributed by atoms with Gasteiger partial charge in [-0.05, 0) is 19.3 Å². The highest BCUT2D eigenvalue weighted by Crippen LogP contribution is 2.14. The second kappa shape index (κ2) is 9.32. The van der Waals surface area contributed by atoms with Gasteiger partial charge in [-0.1, -0.05) is 26.2 Å². The van der Waals surface area contributed by atoms with Gasteiger partial charge in [-0.3, -0.25) is 4.79 Å². The van der Waals surface area contributed by atoms with Crippen molar-refractivity contribution in [1.29, 1.82) is 0 Å². The van der Waals surface area contributed by atoms with Gasteiger partial charge < -0.3 is 4.74 Å². The Balaban J connectivity index is 3.17. The number of hydrogen-bond donors (Lipinski definition) is 0. The molecule has 0 aromatic rings. The molecule has 2 nitrogen and oxygen atoms in total. The number of alkyl halides is 1. The Bertz CT molecular complexity index is 148. The highest BCUT2D eigenvalue weighted by atomic mass is 35.5. The van der Waals surface area contributed by atoms with Crippen LogP contribution in [0.25, 0.3) is 0 Å². The molecule has 0 aliphatic carbocycles. The molecule has 0 aliphatic heterocycles. The Morgan fingerprint density at radius 2 is 2.00 bits per heavy atom. The van der Waals surface area contributed by atoms with E-state index in [1.165, 1.54) is 7.11 Å². The number of hydrogen-bond acceptors (Lipinski definition) is 2. The predicted molar refractivity (Wildman–Crippen MR) is 59.7 cm³/mol. The zero-order valence-corrected chi connectivity index (χ0v) is 9.98. The zero-order chi connectivity index (χ0) is 10.8. The molecular weight excluding hydrogens is 200 g/mol. The molecule has 0 radical (unpaired) electrons. The van der Waals surface area contributed by atoms with Gasteiger partial charge in [0.15, 0.2) is 0 Å². The monoisotopic (exact) mass is 220 g/mol. The van der Waals surface area contributed by atoms with E-state index in [1.807, 2.05) is 0 Å². The topological polar surface area (TPSA) is 26.3 Å². The molecule has 0 saturated carbocycles. The lowest BCUT2D eigenvalue weighted by Gasteiger charge is -2.06. The fourth-order valence-electron chi connectivity index (χ4n) is 1.37. The normalized spacial score (nSPS) is 12.5. The van der Waals surface area contributed by atoms with E-state index in [9.17, 15) is 4.79 Å². The summed E-state index contributed by atoms with van der Waals surface area (Å²) in [5.41, 5.74) is 0. The number of esters is 1. The van der Waals surface area contributed by atoms with E-state index in [4.69, 9.17) is 11.6 Å². The van der Waals surface area contributed by atoms with Crippen LogP contribution in [0.2, 0.25) is 0 Å². The SMILES string of the molecule is CCCC(Cl)CCCCCC(=O)OC. The van der Waals surface area contributed by atoms with Crippen molar-refractivity contribution >= 4 is 17.6 Å². The first-order valence-electron chi connectivity index (χ1n) is 5.41. The van der Waals surface area contributed by atoms with Crippen LogP contribution in [0.15, 0.2) is 0 Å². The van der Waals surface area contributed by atoms with Crippen LogP contribution in [0.4, 0.5) is 0 Å². The van der Waals surface area contributed by atoms with Crippen molar-refractivity contribution in [1.82, 2.24) is 0 Å². The van der Waals surface area contributed by atoms with Crippen molar-refractivity contribution < 1.29 is 9.53 Å². The summed E-state index contributed by atoms with van der Waals surface area (Å²) >= 11 is 6.06. The van der Waals surface area contributed by atoms with Crippen molar-refractivity contribution in [2.75, 3.05) is 7.11 Å². The molecule has 0 N–H and O–H groups in total. The lowest BCUT2D eigenvalue weighted by atomic mass is 10.1. The van der Waals surface area contributed by atoms with Crippen LogP contribution in [0.1, 0.15) is 51.9 Å². The molecular formula is C11H21ClO2. The number of methoxy groups -OCH3 is 1. The van der Waals surface area contributed by atoms with Crippen molar-refractivity contribution in [3.8, 4) is 0 Å². The summed E-state index contributed by atoms with van der Waals surface area (Å²) in [5.74, 6) is -0.110. The summed E-state index contributed by atoms with van der Waals surface area (Å²) in [7, 11) is 1.43. The quantitative estimate of drug-likeness (QED) is 0.356. The number of carbonyl (C=O) groups is 1. The minimum absolute atomic E-state index is 0.110. The van der Waals surface area contributed by atoms with Gasteiger partial charge in [0.25, 0.3) is 0 Å². The summed E-state index contributed by atoms with van der Waals surface area (Å²) in [4.78, 5) is 10.8. The molecule has 84 valence electrons. The van der Waals surface area contributed by atoms with E-state index < -0.39 is 0 Å². The Morgan fingerprint density at radius 1 is 1.29 bits per heavy atom. The first-order valence-corrected chi connectivity index (χ1v) is 5.85. The molecule has 0 rings (SSSR count). The van der Waals surface area contributed by atoms with Crippen LogP contribution in [0.3, 0.4) is 0 Å². The lowest BCUT2D eigenvalue weighted by Crippen LogP contribution is -2.00. The summed E-state index contributed by atoms with van der Waals surface area (Å²) in [6, 6.07) is 0. The number of unbranched alkanes of at least 4 members (excludes halogenated alkanes) is 2. The third-order valence-corrected chi connectivity index (χ3v) is 2.66. The first kappa shape index (κ1) is 13.8. The van der Waals surface area contributed by atoms with Gasteiger partial charge in [0.1, 0.15) is 0 Å². The molecule has 0 amide bonds. The van der Waals surface area contributed by atoms with E-state index in [1.54, 1.807) is 0 Å². The van der Waals surface area contributed by atoms with Crippen LogP contribution in [-0.2, 0) is 9.53 Å². The summed E-state index contributed by atoms with van der Waals surface area (Å²) in [6.07, 6.45) is 6.96. The molecule has 14 heavy (non-hydrogen) atoms. The third-order valence-electron chi connectivity index (χ3n) is 2.23. The molecule has 0 aromatic carbocycles. The molecule has 0 bridgehead atoms. The first-order chi connectivity index (χ1) is 6.70. The summed E-state index contributed by atoms with van der Waals surface area (Å²) in [6.45, 7) is 2.15. The van der Waals surface area contributed by atoms with Crippen molar-refractivity contribution in [2.24, 2.45) is 0 Å². The molecule has 0 spiro atoms. The fourth-order valence-corrected chi connectivity index (χ4v) is 1.74. The van der Waals surface area contributed by atoms with Gasteiger partial charge >= 0.3 is 5.97 Å². The van der Waals surface area contributed by atoms with E-state index in [0.29, 0.717) is 11.8 Å². The smallest absolute Gasteiger partial charge is 0.305 e. The second-order valence-corrected chi connectivity index (χ2v) is 4.18. The maximum absolute atomic E-state index is 10.8. The van der Waals surface area contributed by atoms with Gasteiger partial charge in [0, 0.05) is 11.8 Å². The fraction of sp³-hybridized carbons (Fsp3) is 0.909. The highest BCUT2D eigenvalue weighted by molar-refractivity contribution is 6.20. The van der Waals surface area contributed by atoms with Gasteiger partial charge in [-0.15, -0.1) is 11.6 Å². The van der Waals surface area contributed by atoms with E-state index in [-0.39, 0.29) is 5.97 Å². The van der Waals surface area contributed by atoms with Crippen molar-refractivity contribution in [3.63, 3.8) is 0 Å². The minimum atomic E-state index is -0.110. The molecule has 3 heteroatoms. The Kier molecular flexibility index (Phi) is 9.16. The lowest BCUT2D eigenvalue weighted by molar-refractivity contribution is -0.140. The van der Waals surface area contributed by atoms with Gasteiger partial charge in [0.05, 0.1) is 7.11 Å². The van der Waals surface area contributed by atoms with Gasteiger partial charge in [-0.2, -0.15) is 0 Å². The van der Waals surface area contributed by atoms with Crippen LogP contribution in [0, 0.1) is 0 Å². The molecule has 1 atom stereocenters. The van der Waals surface area contributed by atoms with Crippen LogP contribution in [-0.4, -0.2) is 18.5 Å². The maximum Gasteiger partial charge on any atom is 0.305 e. The molecule has 0 fully saturated rings. The van der Waals surface area contributed by atoms with E-state index >= 15 is 0 Å². The molecule has 0 heterocycles. The maximum atomic E-state index is 10.8. The number of halogens is 1. The summed E-state index contributed by atoms with van der Waals surface area (Å²) in [5, 5.41) is 0.318. The third kappa shape index (κ3) is 8.36. The highest BCUT2D eigenvalue weighted by Gasteiger charge is 2.03. The zero-order valence-electron chi connectivity index (χ0n) is 9.22. The largest absolute Gasteiger partial charge is 0.469 e. The van der Waals surface area contributed by atoms with Crippen LogP contribution in [0.5, 0.6) is 0 Å². The number of carbonyl (C=O) groups excluding carboxylic acids is 1. The standard InChI is InChI=1S/C11H21ClO2/c1-3-7-10(12)8-5-4-6-9-11(13)14-2/h10H,3-9H2,1-2H3. The molecule has 0 saturated heterocycles. The Hall–Kier alpha value is -0.240. The Labute approximate surface area is 92.0 Å². The van der Waals surface area contributed by atoms with E-state index in [2.05, 4.69) is 11.7 Å². The average Bonchev–Trinajstić information content (AvgIpc) is 2.17. The van der Waals surface area contributed by atoms with Crippen molar-refractivity contribution in [2.45, 2.75) is 57.2 Å². The summed E-state index contributed by atoms with van der Waals surface area (Å²) < 4.78 is 4.55. The number of rotatable bonds is 8. The second-order valence-electron chi connectivity index (χ2n) is 3.56. The number of ether oxygens (including phenoxy) is 1. The Morgan fingerprint density at radius 3 is 2.57 bits per heavy atom. The minimum Gasteiger partial charge on any atom is -0.469 e.